The number of anilines is 1. The first kappa shape index (κ1) is 18.4. The van der Waals surface area contributed by atoms with Crippen LogP contribution in [0.3, 0.4) is 0 Å². The van der Waals surface area contributed by atoms with Crippen molar-refractivity contribution < 1.29 is 4.79 Å². The topological polar surface area (TPSA) is 82.6 Å². The summed E-state index contributed by atoms with van der Waals surface area (Å²) >= 11 is 3.50. The number of carbonyl (C=O) groups is 1. The van der Waals surface area contributed by atoms with E-state index in [0.717, 1.165) is 28.0 Å². The van der Waals surface area contributed by atoms with Gasteiger partial charge in [0, 0.05) is 36.6 Å². The van der Waals surface area contributed by atoms with Crippen LogP contribution in [0.1, 0.15) is 30.3 Å². The molecule has 0 aliphatic carbocycles. The zero-order chi connectivity index (χ0) is 18.7. The molecule has 0 fully saturated rings. The van der Waals surface area contributed by atoms with E-state index in [1.807, 2.05) is 48.7 Å². The Morgan fingerprint density at radius 1 is 1.19 bits per heavy atom. The Balaban J connectivity index is 1.53. The molecule has 0 saturated heterocycles. The van der Waals surface area contributed by atoms with Gasteiger partial charge in [0.1, 0.15) is 0 Å². The summed E-state index contributed by atoms with van der Waals surface area (Å²) in [6.45, 7) is 7.96. The molecule has 3 aromatic heterocycles. The summed E-state index contributed by atoms with van der Waals surface area (Å²) in [5.74, 6) is -0.0629. The minimum atomic E-state index is -0.0629. The van der Waals surface area contributed by atoms with E-state index in [1.54, 1.807) is 10.9 Å². The van der Waals surface area contributed by atoms with Crippen molar-refractivity contribution in [1.82, 2.24) is 29.3 Å². The zero-order valence-electron chi connectivity index (χ0n) is 15.1. The van der Waals surface area contributed by atoms with E-state index in [-0.39, 0.29) is 5.91 Å². The molecule has 1 N–H and O–H groups in total. The first-order valence-corrected chi connectivity index (χ1v) is 9.28. The number of aryl methyl sites for hydroxylation is 3. The summed E-state index contributed by atoms with van der Waals surface area (Å²) in [4.78, 5) is 12.2. The van der Waals surface area contributed by atoms with E-state index < -0.39 is 0 Å². The lowest BCUT2D eigenvalue weighted by Gasteiger charge is -2.05. The van der Waals surface area contributed by atoms with Crippen LogP contribution in [-0.2, 0) is 24.4 Å². The van der Waals surface area contributed by atoms with Crippen molar-refractivity contribution in [3.63, 3.8) is 0 Å². The highest BCUT2D eigenvalue weighted by Crippen LogP contribution is 2.20. The minimum absolute atomic E-state index is 0.0629. The normalized spacial score (nSPS) is 11.1. The van der Waals surface area contributed by atoms with Crippen LogP contribution in [0.25, 0.3) is 0 Å². The van der Waals surface area contributed by atoms with Gasteiger partial charge in [-0.05, 0) is 36.7 Å². The molecule has 3 rings (SSSR count). The van der Waals surface area contributed by atoms with Crippen LogP contribution in [0.4, 0.5) is 5.69 Å². The van der Waals surface area contributed by atoms with E-state index in [0.29, 0.717) is 25.2 Å². The lowest BCUT2D eigenvalue weighted by molar-refractivity contribution is -0.116. The molecule has 0 aromatic carbocycles. The predicted molar refractivity (Wildman–Crippen MR) is 102 cm³/mol. The Kier molecular flexibility index (Phi) is 5.55. The van der Waals surface area contributed by atoms with E-state index in [2.05, 4.69) is 36.5 Å². The van der Waals surface area contributed by atoms with Crippen LogP contribution in [0, 0.1) is 13.8 Å². The quantitative estimate of drug-likeness (QED) is 0.637. The second-order valence-electron chi connectivity index (χ2n) is 6.14. The van der Waals surface area contributed by atoms with Crippen molar-refractivity contribution in [3.8, 4) is 0 Å². The van der Waals surface area contributed by atoms with Gasteiger partial charge in [0.15, 0.2) is 0 Å². The van der Waals surface area contributed by atoms with Crippen molar-refractivity contribution in [3.05, 3.63) is 46.2 Å². The maximum Gasteiger partial charge on any atom is 0.226 e. The molecular weight excluding hydrogens is 398 g/mol. The van der Waals surface area contributed by atoms with Crippen molar-refractivity contribution in [1.29, 1.82) is 0 Å². The standard InChI is InChI=1S/C17H22BrN7O/c1-4-23-9-14(7-19-23)10-24-11-15(8-20-24)21-16(26)5-6-25-13(3)17(18)12(2)22-25/h7-9,11H,4-6,10H2,1-3H3,(H,21,26). The summed E-state index contributed by atoms with van der Waals surface area (Å²) in [5, 5.41) is 15.8. The van der Waals surface area contributed by atoms with Gasteiger partial charge in [-0.25, -0.2) is 0 Å². The molecule has 0 atom stereocenters. The summed E-state index contributed by atoms with van der Waals surface area (Å²) in [6.07, 6.45) is 7.65. The first-order chi connectivity index (χ1) is 12.5. The molecule has 0 unspecified atom stereocenters. The van der Waals surface area contributed by atoms with Gasteiger partial charge in [-0.3, -0.25) is 18.8 Å². The minimum Gasteiger partial charge on any atom is -0.323 e. The highest BCUT2D eigenvalue weighted by atomic mass is 79.9. The zero-order valence-corrected chi connectivity index (χ0v) is 16.7. The number of carbonyl (C=O) groups excluding carboxylic acids is 1. The highest BCUT2D eigenvalue weighted by Gasteiger charge is 2.11. The number of hydrogen-bond acceptors (Lipinski definition) is 4. The molecular formula is C17H22BrN7O. The van der Waals surface area contributed by atoms with E-state index in [1.165, 1.54) is 0 Å². The van der Waals surface area contributed by atoms with Gasteiger partial charge in [-0.1, -0.05) is 0 Å². The average molecular weight is 420 g/mol. The predicted octanol–water partition coefficient (Wildman–Crippen LogP) is 2.75. The molecule has 26 heavy (non-hydrogen) atoms. The Bertz CT molecular complexity index is 908. The Hall–Kier alpha value is -2.42. The molecule has 0 aliphatic heterocycles. The number of halogens is 1. The SMILES string of the molecule is CCn1cc(Cn2cc(NC(=O)CCn3nc(C)c(Br)c3C)cn2)cn1. The summed E-state index contributed by atoms with van der Waals surface area (Å²) in [7, 11) is 0. The van der Waals surface area contributed by atoms with Crippen LogP contribution in [0.5, 0.6) is 0 Å². The molecule has 3 aromatic rings. The third kappa shape index (κ3) is 4.21. The molecule has 1 amide bonds. The molecule has 0 radical (unpaired) electrons. The average Bonchev–Trinajstić information content (AvgIpc) is 3.31. The molecule has 9 heteroatoms. The fourth-order valence-electron chi connectivity index (χ4n) is 2.69. The summed E-state index contributed by atoms with van der Waals surface area (Å²) in [5.41, 5.74) is 3.71. The monoisotopic (exact) mass is 419 g/mol. The number of nitrogens with one attached hydrogen (secondary N) is 1. The smallest absolute Gasteiger partial charge is 0.226 e. The fourth-order valence-corrected chi connectivity index (χ4v) is 2.97. The van der Waals surface area contributed by atoms with E-state index in [4.69, 9.17) is 0 Å². The van der Waals surface area contributed by atoms with Gasteiger partial charge in [0.2, 0.25) is 5.91 Å². The van der Waals surface area contributed by atoms with Crippen LogP contribution in [0.15, 0.2) is 29.3 Å². The maximum absolute atomic E-state index is 12.2. The third-order valence-corrected chi connectivity index (χ3v) is 5.26. The Labute approximate surface area is 160 Å². The van der Waals surface area contributed by atoms with Gasteiger partial charge >= 0.3 is 0 Å². The van der Waals surface area contributed by atoms with E-state index >= 15 is 0 Å². The summed E-state index contributed by atoms with van der Waals surface area (Å²) < 4.78 is 6.49. The number of hydrogen-bond donors (Lipinski definition) is 1. The molecule has 3 heterocycles. The fraction of sp³-hybridized carbons (Fsp3) is 0.412. The number of aromatic nitrogens is 6. The second kappa shape index (κ2) is 7.86. The van der Waals surface area contributed by atoms with Gasteiger partial charge in [-0.2, -0.15) is 15.3 Å². The van der Waals surface area contributed by atoms with Gasteiger partial charge in [0.25, 0.3) is 0 Å². The maximum atomic E-state index is 12.2. The molecule has 138 valence electrons. The van der Waals surface area contributed by atoms with Crippen molar-refractivity contribution in [2.24, 2.45) is 0 Å². The number of rotatable bonds is 7. The van der Waals surface area contributed by atoms with Crippen LogP contribution < -0.4 is 5.32 Å². The first-order valence-electron chi connectivity index (χ1n) is 8.49. The molecule has 0 saturated carbocycles. The van der Waals surface area contributed by atoms with Crippen LogP contribution >= 0.6 is 15.9 Å². The van der Waals surface area contributed by atoms with Crippen molar-refractivity contribution in [2.75, 3.05) is 5.32 Å². The number of nitrogens with zero attached hydrogens (tertiary/aromatic N) is 6. The van der Waals surface area contributed by atoms with Gasteiger partial charge in [-0.15, -0.1) is 0 Å². The molecule has 8 nitrogen and oxygen atoms in total. The summed E-state index contributed by atoms with van der Waals surface area (Å²) in [6, 6.07) is 0. The lowest BCUT2D eigenvalue weighted by Crippen LogP contribution is -2.15. The number of amides is 1. The third-order valence-electron chi connectivity index (χ3n) is 4.12. The highest BCUT2D eigenvalue weighted by molar-refractivity contribution is 9.10. The Morgan fingerprint density at radius 2 is 1.96 bits per heavy atom. The molecule has 0 bridgehead atoms. The van der Waals surface area contributed by atoms with Gasteiger partial charge in [0.05, 0.1) is 41.3 Å². The molecule has 0 aliphatic rings. The van der Waals surface area contributed by atoms with Crippen LogP contribution in [-0.4, -0.2) is 35.2 Å². The van der Waals surface area contributed by atoms with Gasteiger partial charge < -0.3 is 5.32 Å². The van der Waals surface area contributed by atoms with Crippen LogP contribution in [0.2, 0.25) is 0 Å². The van der Waals surface area contributed by atoms with E-state index in [9.17, 15) is 4.79 Å². The van der Waals surface area contributed by atoms with Crippen molar-refractivity contribution in [2.45, 2.75) is 46.8 Å². The Morgan fingerprint density at radius 3 is 2.62 bits per heavy atom. The van der Waals surface area contributed by atoms with Crippen molar-refractivity contribution >= 4 is 27.5 Å². The largest absolute Gasteiger partial charge is 0.323 e. The lowest BCUT2D eigenvalue weighted by atomic mass is 10.3. The molecule has 0 spiro atoms. The second-order valence-corrected chi connectivity index (χ2v) is 6.93.